The van der Waals surface area contributed by atoms with E-state index >= 15 is 0 Å². The van der Waals surface area contributed by atoms with Gasteiger partial charge in [-0.15, -0.1) is 0 Å². The largest absolute Gasteiger partial charge is 0.508 e. The van der Waals surface area contributed by atoms with Crippen LogP contribution in [0.15, 0.2) is 54.9 Å². The highest BCUT2D eigenvalue weighted by Gasteiger charge is 2.11. The summed E-state index contributed by atoms with van der Waals surface area (Å²) in [7, 11) is 0. The van der Waals surface area contributed by atoms with Crippen molar-refractivity contribution in [3.8, 4) is 5.75 Å². The molecule has 5 heteroatoms. The van der Waals surface area contributed by atoms with E-state index in [1.54, 1.807) is 42.7 Å². The topological polar surface area (TPSA) is 75.1 Å². The van der Waals surface area contributed by atoms with Crippen molar-refractivity contribution >= 4 is 22.6 Å². The molecule has 0 saturated carbocycles. The van der Waals surface area contributed by atoms with Gasteiger partial charge in [0.15, 0.2) is 0 Å². The van der Waals surface area contributed by atoms with E-state index in [1.807, 2.05) is 0 Å². The van der Waals surface area contributed by atoms with Crippen LogP contribution in [0.3, 0.4) is 0 Å². The lowest BCUT2D eigenvalue weighted by Gasteiger charge is -2.07. The average Bonchev–Trinajstić information content (AvgIpc) is 2.49. The second-order valence-electron chi connectivity index (χ2n) is 4.23. The monoisotopic (exact) mass is 265 g/mol. The number of fused-ring (bicyclic) bond motifs is 1. The predicted molar refractivity (Wildman–Crippen MR) is 75.6 cm³/mol. The maximum absolute atomic E-state index is 12.3. The minimum atomic E-state index is -0.262. The van der Waals surface area contributed by atoms with Crippen molar-refractivity contribution in [2.45, 2.75) is 0 Å². The molecule has 98 valence electrons. The molecule has 0 spiro atoms. The van der Waals surface area contributed by atoms with Crippen LogP contribution in [0.1, 0.15) is 10.4 Å². The number of aromatic hydroxyl groups is 1. The fourth-order valence-corrected chi connectivity index (χ4v) is 1.92. The Morgan fingerprint density at radius 2 is 1.75 bits per heavy atom. The molecule has 0 aliphatic carbocycles. The average molecular weight is 265 g/mol. The summed E-state index contributed by atoms with van der Waals surface area (Å²) in [5, 5.41) is 12.0. The molecule has 0 radical (unpaired) electrons. The standard InChI is InChI=1S/C15H11N3O2/c19-11-6-4-10(5-7-11)18-15(20)12-2-1-3-13-14(12)17-9-8-16-13/h1-9,19H,(H,18,20). The fraction of sp³-hybridized carbons (Fsp3) is 0. The first kappa shape index (κ1) is 12.1. The molecule has 1 aromatic heterocycles. The smallest absolute Gasteiger partial charge is 0.257 e. The summed E-state index contributed by atoms with van der Waals surface area (Å²) in [6.07, 6.45) is 3.14. The number of aromatic nitrogens is 2. The van der Waals surface area contributed by atoms with Crippen molar-refractivity contribution in [2.75, 3.05) is 5.32 Å². The van der Waals surface area contributed by atoms with Crippen LogP contribution in [0.2, 0.25) is 0 Å². The molecule has 0 aliphatic heterocycles. The van der Waals surface area contributed by atoms with Crippen molar-refractivity contribution < 1.29 is 9.90 Å². The van der Waals surface area contributed by atoms with Crippen LogP contribution in [0.5, 0.6) is 5.75 Å². The summed E-state index contributed by atoms with van der Waals surface area (Å²) in [5.41, 5.74) is 2.30. The van der Waals surface area contributed by atoms with Gasteiger partial charge < -0.3 is 10.4 Å². The van der Waals surface area contributed by atoms with E-state index in [-0.39, 0.29) is 11.7 Å². The van der Waals surface area contributed by atoms with E-state index in [0.29, 0.717) is 22.3 Å². The van der Waals surface area contributed by atoms with Crippen LogP contribution < -0.4 is 5.32 Å². The lowest BCUT2D eigenvalue weighted by molar-refractivity contribution is 0.102. The minimum absolute atomic E-state index is 0.152. The lowest BCUT2D eigenvalue weighted by Crippen LogP contribution is -2.12. The van der Waals surface area contributed by atoms with Crippen LogP contribution in [-0.4, -0.2) is 21.0 Å². The maximum Gasteiger partial charge on any atom is 0.257 e. The third-order valence-corrected chi connectivity index (χ3v) is 2.87. The fourth-order valence-electron chi connectivity index (χ4n) is 1.92. The zero-order valence-electron chi connectivity index (χ0n) is 10.4. The number of carbonyl (C=O) groups is 1. The van der Waals surface area contributed by atoms with Gasteiger partial charge in [0.1, 0.15) is 11.3 Å². The van der Waals surface area contributed by atoms with Crippen molar-refractivity contribution in [3.63, 3.8) is 0 Å². The molecule has 20 heavy (non-hydrogen) atoms. The first-order chi connectivity index (χ1) is 9.74. The highest BCUT2D eigenvalue weighted by Crippen LogP contribution is 2.18. The summed E-state index contributed by atoms with van der Waals surface area (Å²) in [6, 6.07) is 11.6. The van der Waals surface area contributed by atoms with Crippen LogP contribution in [-0.2, 0) is 0 Å². The van der Waals surface area contributed by atoms with Gasteiger partial charge in [-0.1, -0.05) is 6.07 Å². The Kier molecular flexibility index (Phi) is 3.01. The van der Waals surface area contributed by atoms with Gasteiger partial charge in [0.05, 0.1) is 11.1 Å². The molecular formula is C15H11N3O2. The summed E-state index contributed by atoms with van der Waals surface area (Å²) in [4.78, 5) is 20.6. The van der Waals surface area contributed by atoms with E-state index in [2.05, 4.69) is 15.3 Å². The molecule has 0 fully saturated rings. The van der Waals surface area contributed by atoms with Crippen LogP contribution in [0.4, 0.5) is 5.69 Å². The molecule has 0 saturated heterocycles. The number of benzene rings is 2. The number of hydrogen-bond acceptors (Lipinski definition) is 4. The van der Waals surface area contributed by atoms with Crippen LogP contribution >= 0.6 is 0 Å². The number of amides is 1. The summed E-state index contributed by atoms with van der Waals surface area (Å²) in [6.45, 7) is 0. The van der Waals surface area contributed by atoms with E-state index in [4.69, 9.17) is 0 Å². The quantitative estimate of drug-likeness (QED) is 0.698. The molecule has 5 nitrogen and oxygen atoms in total. The third-order valence-electron chi connectivity index (χ3n) is 2.87. The molecular weight excluding hydrogens is 254 g/mol. The molecule has 3 rings (SSSR count). The van der Waals surface area contributed by atoms with Gasteiger partial charge in [-0.3, -0.25) is 14.8 Å². The number of phenolic OH excluding ortho intramolecular Hbond substituents is 1. The normalized spacial score (nSPS) is 10.4. The molecule has 3 aromatic rings. The summed E-state index contributed by atoms with van der Waals surface area (Å²) >= 11 is 0. The number of rotatable bonds is 2. The first-order valence-electron chi connectivity index (χ1n) is 6.04. The van der Waals surface area contributed by atoms with Crippen molar-refractivity contribution in [3.05, 3.63) is 60.4 Å². The molecule has 2 N–H and O–H groups in total. The zero-order chi connectivity index (χ0) is 13.9. The molecule has 0 atom stereocenters. The number of phenols is 1. The molecule has 0 unspecified atom stereocenters. The number of hydrogen-bond donors (Lipinski definition) is 2. The highest BCUT2D eigenvalue weighted by molar-refractivity contribution is 6.11. The van der Waals surface area contributed by atoms with Crippen molar-refractivity contribution in [2.24, 2.45) is 0 Å². The van der Waals surface area contributed by atoms with E-state index < -0.39 is 0 Å². The Bertz CT molecular complexity index is 764. The molecule has 2 aromatic carbocycles. The Hall–Kier alpha value is -2.95. The van der Waals surface area contributed by atoms with Gasteiger partial charge in [0.2, 0.25) is 0 Å². The van der Waals surface area contributed by atoms with Crippen LogP contribution in [0.25, 0.3) is 11.0 Å². The van der Waals surface area contributed by atoms with E-state index in [0.717, 1.165) is 0 Å². The number of carbonyl (C=O) groups excluding carboxylic acids is 1. The molecule has 1 amide bonds. The Balaban J connectivity index is 1.94. The SMILES string of the molecule is O=C(Nc1ccc(O)cc1)c1cccc2nccnc12. The van der Waals surface area contributed by atoms with Gasteiger partial charge in [-0.05, 0) is 36.4 Å². The Labute approximate surface area is 114 Å². The summed E-state index contributed by atoms with van der Waals surface area (Å²) < 4.78 is 0. The third kappa shape index (κ3) is 2.29. The predicted octanol–water partition coefficient (Wildman–Crippen LogP) is 2.59. The number of nitrogens with one attached hydrogen (secondary N) is 1. The number of nitrogens with zero attached hydrogens (tertiary/aromatic N) is 2. The Morgan fingerprint density at radius 1 is 1.00 bits per heavy atom. The van der Waals surface area contributed by atoms with Gasteiger partial charge in [0, 0.05) is 18.1 Å². The lowest BCUT2D eigenvalue weighted by atomic mass is 10.1. The first-order valence-corrected chi connectivity index (χ1v) is 6.04. The second-order valence-corrected chi connectivity index (χ2v) is 4.23. The Morgan fingerprint density at radius 3 is 2.55 bits per heavy atom. The number of para-hydroxylation sites is 1. The summed E-state index contributed by atoms with van der Waals surface area (Å²) in [5.74, 6) is -0.110. The molecule has 1 heterocycles. The van der Waals surface area contributed by atoms with Gasteiger partial charge in [-0.2, -0.15) is 0 Å². The highest BCUT2D eigenvalue weighted by atomic mass is 16.3. The van der Waals surface area contributed by atoms with Crippen molar-refractivity contribution in [1.82, 2.24) is 9.97 Å². The van der Waals surface area contributed by atoms with E-state index in [9.17, 15) is 9.90 Å². The second kappa shape index (κ2) is 4.97. The molecule has 0 bridgehead atoms. The van der Waals surface area contributed by atoms with Gasteiger partial charge in [0.25, 0.3) is 5.91 Å². The minimum Gasteiger partial charge on any atom is -0.508 e. The zero-order valence-corrected chi connectivity index (χ0v) is 10.4. The molecule has 0 aliphatic rings. The maximum atomic E-state index is 12.3. The van der Waals surface area contributed by atoms with E-state index in [1.165, 1.54) is 12.1 Å². The van der Waals surface area contributed by atoms with Crippen LogP contribution in [0, 0.1) is 0 Å². The van der Waals surface area contributed by atoms with Gasteiger partial charge >= 0.3 is 0 Å². The van der Waals surface area contributed by atoms with Crippen molar-refractivity contribution in [1.29, 1.82) is 0 Å². The van der Waals surface area contributed by atoms with Gasteiger partial charge in [-0.25, -0.2) is 0 Å². The number of anilines is 1.